The van der Waals surface area contributed by atoms with Crippen molar-refractivity contribution in [3.05, 3.63) is 150 Å². The fourth-order valence-corrected chi connectivity index (χ4v) is 8.28. The second-order valence-corrected chi connectivity index (χ2v) is 15.2. The van der Waals surface area contributed by atoms with Crippen molar-refractivity contribution in [1.29, 1.82) is 0 Å². The Balaban J connectivity index is 1.33. The third-order valence-corrected chi connectivity index (χ3v) is 11.4. The summed E-state index contributed by atoms with van der Waals surface area (Å²) in [6, 6.07) is 37.8. The number of hydrogen-bond donors (Lipinski definition) is 4. The van der Waals surface area contributed by atoms with Crippen LogP contribution >= 0.6 is 0 Å². The van der Waals surface area contributed by atoms with Crippen LogP contribution in [0.3, 0.4) is 0 Å². The van der Waals surface area contributed by atoms with Gasteiger partial charge in [0.15, 0.2) is 0 Å². The molecule has 2 aliphatic rings. The Kier molecular flexibility index (Phi) is 11.4. The maximum atomic E-state index is 13.8. The SMILES string of the molecule is COc1ccc(CC2(C)CN([C@H]3C[C@@](O)(COc4ccc(N)cc4)[C@@H](C(O)C(c4ccccc4)(c4ccc(OC)cc4)c4ccc(OC)cc4)O3)C(=O)NC2=O)cc1. The standard InChI is InChI=1S/C46H49N3O9/c1-44(26-30-10-18-35(54-2)19-11-30)28-49(43(52)48-42(44)51)39-27-45(53,29-57-38-24-16-34(47)17-25-38)41(58-39)40(50)46(31-8-6-5-7-9-31,32-12-20-36(55-3)21-13-32)33-14-22-37(56-4)23-15-33/h5-25,39-41,50,53H,26-29,47H2,1-4H3,(H,48,51,52)/t39-,40?,41-,44?,45-/m1/s1. The van der Waals surface area contributed by atoms with Crippen molar-refractivity contribution >= 4 is 17.6 Å². The summed E-state index contributed by atoms with van der Waals surface area (Å²) >= 11 is 0. The van der Waals surface area contributed by atoms with Crippen LogP contribution in [0.15, 0.2) is 127 Å². The van der Waals surface area contributed by atoms with E-state index in [4.69, 9.17) is 29.4 Å². The number of amides is 3. The molecule has 0 spiro atoms. The lowest BCUT2D eigenvalue weighted by Gasteiger charge is -2.45. The number of urea groups is 1. The van der Waals surface area contributed by atoms with E-state index >= 15 is 0 Å². The number of nitrogens with zero attached hydrogens (tertiary/aromatic N) is 1. The van der Waals surface area contributed by atoms with Crippen molar-refractivity contribution < 1.29 is 43.5 Å². The lowest BCUT2D eigenvalue weighted by Crippen LogP contribution is -2.62. The molecule has 302 valence electrons. The van der Waals surface area contributed by atoms with E-state index < -0.39 is 46.8 Å². The highest BCUT2D eigenvalue weighted by atomic mass is 16.6. The van der Waals surface area contributed by atoms with Gasteiger partial charge in [0, 0.05) is 18.7 Å². The van der Waals surface area contributed by atoms with E-state index in [2.05, 4.69) is 5.32 Å². The number of methoxy groups -OCH3 is 3. The first kappa shape index (κ1) is 40.1. The van der Waals surface area contributed by atoms with Crippen LogP contribution in [-0.4, -0.2) is 85.6 Å². The fraction of sp³-hybridized carbons (Fsp3) is 0.304. The van der Waals surface area contributed by atoms with Gasteiger partial charge in [-0.05, 0) is 96.3 Å². The minimum absolute atomic E-state index is 0.0210. The van der Waals surface area contributed by atoms with Crippen LogP contribution in [0.2, 0.25) is 0 Å². The van der Waals surface area contributed by atoms with E-state index in [1.807, 2.05) is 103 Å². The number of carbonyl (C=O) groups is 2. The van der Waals surface area contributed by atoms with Gasteiger partial charge in [-0.15, -0.1) is 0 Å². The zero-order chi connectivity index (χ0) is 41.1. The molecule has 2 saturated heterocycles. The number of nitrogen functional groups attached to an aromatic ring is 1. The Bertz CT molecular complexity index is 2140. The predicted octanol–water partition coefficient (Wildman–Crippen LogP) is 5.72. The average Bonchev–Trinajstić information content (AvgIpc) is 3.60. The summed E-state index contributed by atoms with van der Waals surface area (Å²) in [5.41, 5.74) is 5.08. The van der Waals surface area contributed by atoms with Crippen LogP contribution in [0.4, 0.5) is 10.5 Å². The Hall–Kier alpha value is -6.08. The number of rotatable bonds is 14. The fourth-order valence-electron chi connectivity index (χ4n) is 8.28. The summed E-state index contributed by atoms with van der Waals surface area (Å²) < 4.78 is 29.4. The van der Waals surface area contributed by atoms with Gasteiger partial charge in [-0.3, -0.25) is 15.0 Å². The highest BCUT2D eigenvalue weighted by Crippen LogP contribution is 2.49. The Labute approximate surface area is 338 Å². The third kappa shape index (κ3) is 7.66. The lowest BCUT2D eigenvalue weighted by atomic mass is 9.63. The van der Waals surface area contributed by atoms with Gasteiger partial charge in [0.1, 0.15) is 53.6 Å². The average molecular weight is 788 g/mol. The summed E-state index contributed by atoms with van der Waals surface area (Å²) in [5.74, 6) is 1.92. The second-order valence-electron chi connectivity index (χ2n) is 15.2. The molecule has 7 rings (SSSR count). The van der Waals surface area contributed by atoms with Crippen molar-refractivity contribution in [1.82, 2.24) is 10.2 Å². The van der Waals surface area contributed by atoms with Gasteiger partial charge in [0.2, 0.25) is 5.91 Å². The number of benzene rings is 5. The van der Waals surface area contributed by atoms with E-state index in [0.29, 0.717) is 51.8 Å². The van der Waals surface area contributed by atoms with Crippen molar-refractivity contribution in [2.75, 3.05) is 40.2 Å². The van der Waals surface area contributed by atoms with Crippen LogP contribution in [0.25, 0.3) is 0 Å². The zero-order valence-electron chi connectivity index (χ0n) is 33.0. The first-order valence-electron chi connectivity index (χ1n) is 19.1. The number of ether oxygens (including phenoxy) is 5. The summed E-state index contributed by atoms with van der Waals surface area (Å²) in [7, 11) is 4.75. The van der Waals surface area contributed by atoms with Crippen LogP contribution in [0.5, 0.6) is 23.0 Å². The number of anilines is 1. The van der Waals surface area contributed by atoms with Crippen LogP contribution < -0.4 is 30.0 Å². The number of nitrogens with one attached hydrogen (secondary N) is 1. The molecule has 2 fully saturated rings. The maximum absolute atomic E-state index is 13.8. The number of hydrogen-bond acceptors (Lipinski definition) is 10. The van der Waals surface area contributed by atoms with E-state index in [1.54, 1.807) is 52.5 Å². The third-order valence-electron chi connectivity index (χ3n) is 11.4. The van der Waals surface area contributed by atoms with Gasteiger partial charge in [-0.1, -0.05) is 66.7 Å². The summed E-state index contributed by atoms with van der Waals surface area (Å²) in [6.07, 6.45) is -3.80. The van der Waals surface area contributed by atoms with Gasteiger partial charge < -0.3 is 39.6 Å². The van der Waals surface area contributed by atoms with Gasteiger partial charge in [-0.25, -0.2) is 4.79 Å². The molecule has 0 radical (unpaired) electrons. The van der Waals surface area contributed by atoms with Gasteiger partial charge in [0.25, 0.3) is 0 Å². The first-order chi connectivity index (χ1) is 27.9. The molecule has 2 heterocycles. The van der Waals surface area contributed by atoms with Crippen molar-refractivity contribution in [2.45, 2.75) is 49.2 Å². The monoisotopic (exact) mass is 787 g/mol. The summed E-state index contributed by atoms with van der Waals surface area (Å²) in [5, 5.41) is 28.8. The van der Waals surface area contributed by atoms with Crippen molar-refractivity contribution in [3.63, 3.8) is 0 Å². The number of nitrogens with two attached hydrogens (primary N) is 1. The predicted molar refractivity (Wildman–Crippen MR) is 218 cm³/mol. The molecule has 3 amide bonds. The molecular formula is C46H49N3O9. The molecular weight excluding hydrogens is 739 g/mol. The highest BCUT2D eigenvalue weighted by molar-refractivity contribution is 6.00. The van der Waals surface area contributed by atoms with E-state index in [0.717, 1.165) is 5.56 Å². The molecule has 5 N–H and O–H groups in total. The van der Waals surface area contributed by atoms with Crippen LogP contribution in [-0.2, 0) is 21.4 Å². The second kappa shape index (κ2) is 16.4. The number of carbonyl (C=O) groups excluding carboxylic acids is 2. The zero-order valence-corrected chi connectivity index (χ0v) is 33.0. The largest absolute Gasteiger partial charge is 0.497 e. The smallest absolute Gasteiger partial charge is 0.326 e. The molecule has 0 aliphatic carbocycles. The minimum atomic E-state index is -1.89. The molecule has 2 aliphatic heterocycles. The Morgan fingerprint density at radius 1 is 0.776 bits per heavy atom. The van der Waals surface area contributed by atoms with E-state index in [1.165, 1.54) is 4.90 Å². The quantitative estimate of drug-likeness (QED) is 0.0810. The molecule has 12 nitrogen and oxygen atoms in total. The lowest BCUT2D eigenvalue weighted by molar-refractivity contribution is -0.150. The maximum Gasteiger partial charge on any atom is 0.326 e. The Morgan fingerprint density at radius 2 is 1.28 bits per heavy atom. The van der Waals surface area contributed by atoms with E-state index in [-0.39, 0.29) is 19.6 Å². The topological polar surface area (TPSA) is 162 Å². The molecule has 5 aromatic carbocycles. The Morgan fingerprint density at radius 3 is 1.81 bits per heavy atom. The molecule has 5 aromatic rings. The molecule has 0 aromatic heterocycles. The number of aliphatic hydroxyl groups excluding tert-OH is 1. The number of aliphatic hydroxyl groups is 2. The summed E-state index contributed by atoms with van der Waals surface area (Å²) in [4.78, 5) is 28.7. The molecule has 2 unspecified atom stereocenters. The highest BCUT2D eigenvalue weighted by Gasteiger charge is 2.60. The molecule has 0 bridgehead atoms. The first-order valence-corrected chi connectivity index (χ1v) is 19.1. The minimum Gasteiger partial charge on any atom is -0.497 e. The van der Waals surface area contributed by atoms with Crippen LogP contribution in [0.1, 0.15) is 35.6 Å². The normalized spacial score (nSPS) is 22.6. The van der Waals surface area contributed by atoms with Crippen LogP contribution in [0, 0.1) is 5.41 Å². The van der Waals surface area contributed by atoms with Gasteiger partial charge in [-0.2, -0.15) is 0 Å². The van der Waals surface area contributed by atoms with Gasteiger partial charge in [0.05, 0.1) is 32.2 Å². The number of imide groups is 1. The van der Waals surface area contributed by atoms with Gasteiger partial charge >= 0.3 is 6.03 Å². The summed E-state index contributed by atoms with van der Waals surface area (Å²) in [6.45, 7) is 1.45. The van der Waals surface area contributed by atoms with Crippen molar-refractivity contribution in [3.8, 4) is 23.0 Å². The molecule has 5 atom stereocenters. The molecule has 58 heavy (non-hydrogen) atoms. The van der Waals surface area contributed by atoms with E-state index in [9.17, 15) is 19.8 Å². The molecule has 0 saturated carbocycles. The van der Waals surface area contributed by atoms with Crippen molar-refractivity contribution in [2.24, 2.45) is 5.41 Å². The molecule has 12 heteroatoms.